The van der Waals surface area contributed by atoms with Gasteiger partial charge >= 0.3 is 0 Å². The fraction of sp³-hybridized carbons (Fsp3) is 0.350. The maximum atomic E-state index is 12.7. The molecule has 0 saturated heterocycles. The van der Waals surface area contributed by atoms with Crippen molar-refractivity contribution >= 4 is 23.2 Å². The topological polar surface area (TPSA) is 60.0 Å². The molecule has 0 spiro atoms. The first-order valence-corrected chi connectivity index (χ1v) is 9.09. The second-order valence-corrected chi connectivity index (χ2v) is 6.84. The van der Waals surface area contributed by atoms with Crippen molar-refractivity contribution < 1.29 is 19.0 Å². The number of benzene rings is 2. The van der Waals surface area contributed by atoms with Gasteiger partial charge in [-0.15, -0.1) is 0 Å². The highest BCUT2D eigenvalue weighted by atomic mass is 35.5. The van der Waals surface area contributed by atoms with Crippen molar-refractivity contribution in [3.63, 3.8) is 0 Å². The van der Waals surface area contributed by atoms with Gasteiger partial charge in [0.1, 0.15) is 19.0 Å². The predicted molar refractivity (Wildman–Crippen MR) is 105 cm³/mol. The molecule has 6 nitrogen and oxygen atoms in total. The van der Waals surface area contributed by atoms with Gasteiger partial charge in [0.15, 0.2) is 11.5 Å². The minimum atomic E-state index is -0.359. The highest BCUT2D eigenvalue weighted by Crippen LogP contribution is 2.31. The largest absolute Gasteiger partial charge is 0.495 e. The lowest BCUT2D eigenvalue weighted by Gasteiger charge is -2.25. The summed E-state index contributed by atoms with van der Waals surface area (Å²) in [7, 11) is 3.45. The summed E-state index contributed by atoms with van der Waals surface area (Å²) in [5.74, 6) is 1.92. The van der Waals surface area contributed by atoms with Crippen LogP contribution < -0.4 is 19.5 Å². The van der Waals surface area contributed by atoms with Crippen LogP contribution in [0.3, 0.4) is 0 Å². The van der Waals surface area contributed by atoms with E-state index in [4.69, 9.17) is 25.8 Å². The molecule has 0 aliphatic carbocycles. The van der Waals surface area contributed by atoms with E-state index in [1.807, 2.05) is 37.1 Å². The second kappa shape index (κ2) is 8.50. The van der Waals surface area contributed by atoms with Gasteiger partial charge in [-0.25, -0.2) is 0 Å². The van der Waals surface area contributed by atoms with Crippen LogP contribution in [0.15, 0.2) is 36.4 Å². The molecule has 3 rings (SSSR count). The zero-order chi connectivity index (χ0) is 19.4. The molecule has 1 aliphatic heterocycles. The number of methoxy groups -OCH3 is 1. The lowest BCUT2D eigenvalue weighted by molar-refractivity contribution is -0.120. The summed E-state index contributed by atoms with van der Waals surface area (Å²) in [6, 6.07) is 10.6. The number of rotatable bonds is 6. The number of fused-ring (bicyclic) bond motifs is 1. The first-order valence-electron chi connectivity index (χ1n) is 8.71. The number of nitrogens with zero attached hydrogens (tertiary/aromatic N) is 1. The summed E-state index contributed by atoms with van der Waals surface area (Å²) in [4.78, 5) is 14.6. The van der Waals surface area contributed by atoms with Gasteiger partial charge in [0.25, 0.3) is 0 Å². The summed E-state index contributed by atoms with van der Waals surface area (Å²) in [6.07, 6.45) is 0. The number of hydrogen-bond donors (Lipinski definition) is 1. The molecule has 0 aromatic heterocycles. The molecule has 1 amide bonds. The summed E-state index contributed by atoms with van der Waals surface area (Å²) in [5, 5.41) is 3.41. The van der Waals surface area contributed by atoms with Gasteiger partial charge in [-0.3, -0.25) is 9.69 Å². The Morgan fingerprint density at radius 3 is 2.70 bits per heavy atom. The van der Waals surface area contributed by atoms with Crippen molar-refractivity contribution in [2.45, 2.75) is 19.5 Å². The number of likely N-dealkylation sites (N-methyl/N-ethyl adjacent to an activating group) is 1. The minimum absolute atomic E-state index is 0.143. The molecule has 7 heteroatoms. The third-order valence-electron chi connectivity index (χ3n) is 4.50. The average molecular weight is 391 g/mol. The van der Waals surface area contributed by atoms with Crippen LogP contribution in [0.5, 0.6) is 17.2 Å². The van der Waals surface area contributed by atoms with E-state index in [1.54, 1.807) is 25.3 Å². The van der Waals surface area contributed by atoms with Crippen LogP contribution in [0.1, 0.15) is 12.5 Å². The maximum absolute atomic E-state index is 12.7. The number of ether oxygens (including phenoxy) is 3. The number of amides is 1. The first kappa shape index (κ1) is 19.3. The Hall–Kier alpha value is -2.44. The molecule has 2 aromatic carbocycles. The molecule has 1 aliphatic rings. The van der Waals surface area contributed by atoms with E-state index < -0.39 is 0 Å². The minimum Gasteiger partial charge on any atom is -0.495 e. The van der Waals surface area contributed by atoms with Gasteiger partial charge < -0.3 is 19.5 Å². The summed E-state index contributed by atoms with van der Waals surface area (Å²) < 4.78 is 16.4. The smallest absolute Gasteiger partial charge is 0.241 e. The Morgan fingerprint density at radius 2 is 1.96 bits per heavy atom. The van der Waals surface area contributed by atoms with Crippen LogP contribution in [0, 0.1) is 0 Å². The quantitative estimate of drug-likeness (QED) is 0.816. The van der Waals surface area contributed by atoms with Crippen LogP contribution in [0.25, 0.3) is 0 Å². The number of carbonyl (C=O) groups is 1. The van der Waals surface area contributed by atoms with Crippen LogP contribution >= 0.6 is 11.6 Å². The first-order chi connectivity index (χ1) is 13.0. The van der Waals surface area contributed by atoms with Crippen LogP contribution in [-0.4, -0.2) is 44.2 Å². The Labute approximate surface area is 164 Å². The van der Waals surface area contributed by atoms with Crippen LogP contribution in [-0.2, 0) is 11.3 Å². The molecule has 0 fully saturated rings. The van der Waals surface area contributed by atoms with Crippen molar-refractivity contribution in [1.82, 2.24) is 4.90 Å². The third-order valence-corrected chi connectivity index (χ3v) is 4.73. The molecule has 1 atom stereocenters. The van der Waals surface area contributed by atoms with Gasteiger partial charge in [0.2, 0.25) is 5.91 Å². The van der Waals surface area contributed by atoms with Gasteiger partial charge in [-0.1, -0.05) is 17.7 Å². The van der Waals surface area contributed by atoms with Crippen molar-refractivity contribution in [2.75, 3.05) is 32.7 Å². The van der Waals surface area contributed by atoms with Gasteiger partial charge in [0.05, 0.1) is 18.8 Å². The zero-order valence-corrected chi connectivity index (χ0v) is 16.4. The number of halogens is 1. The number of anilines is 1. The number of carbonyl (C=O) groups excluding carboxylic acids is 1. The molecular weight excluding hydrogens is 368 g/mol. The molecule has 1 N–H and O–H groups in total. The maximum Gasteiger partial charge on any atom is 0.241 e. The van der Waals surface area contributed by atoms with Crippen molar-refractivity contribution in [3.05, 3.63) is 47.0 Å². The highest BCUT2D eigenvalue weighted by Gasteiger charge is 2.20. The Kier molecular flexibility index (Phi) is 6.08. The Morgan fingerprint density at radius 1 is 1.22 bits per heavy atom. The molecule has 1 heterocycles. The molecule has 0 saturated carbocycles. The fourth-order valence-electron chi connectivity index (χ4n) is 2.83. The van der Waals surface area contributed by atoms with E-state index >= 15 is 0 Å². The molecule has 0 bridgehead atoms. The van der Waals surface area contributed by atoms with E-state index in [0.29, 0.717) is 36.2 Å². The third kappa shape index (κ3) is 4.64. The Bertz CT molecular complexity index is 828. The average Bonchev–Trinajstić information content (AvgIpc) is 2.67. The van der Waals surface area contributed by atoms with Gasteiger partial charge in [-0.2, -0.15) is 0 Å². The Balaban J connectivity index is 1.65. The molecule has 144 valence electrons. The molecule has 2 aromatic rings. The molecular formula is C20H23ClN2O4. The summed E-state index contributed by atoms with van der Waals surface area (Å²) >= 11 is 6.03. The van der Waals surface area contributed by atoms with Crippen molar-refractivity contribution in [1.29, 1.82) is 0 Å². The lowest BCUT2D eigenvalue weighted by atomic mass is 10.1. The van der Waals surface area contributed by atoms with Crippen molar-refractivity contribution in [2.24, 2.45) is 0 Å². The lowest BCUT2D eigenvalue weighted by Crippen LogP contribution is -2.39. The van der Waals surface area contributed by atoms with E-state index in [1.165, 1.54) is 0 Å². The highest BCUT2D eigenvalue weighted by molar-refractivity contribution is 6.31. The zero-order valence-electron chi connectivity index (χ0n) is 15.6. The number of nitrogens with one attached hydrogen (secondary N) is 1. The van der Waals surface area contributed by atoms with E-state index in [9.17, 15) is 4.79 Å². The van der Waals surface area contributed by atoms with Crippen molar-refractivity contribution in [3.8, 4) is 17.2 Å². The SMILES string of the molecule is COc1ccc(Cl)cc1NC(=O)[C@H](C)N(C)Cc1ccc2c(c1)OCCO2. The van der Waals surface area contributed by atoms with Crippen LogP contribution in [0.2, 0.25) is 5.02 Å². The molecule has 0 unspecified atom stereocenters. The summed E-state index contributed by atoms with van der Waals surface area (Å²) in [6.45, 7) is 3.56. The fourth-order valence-corrected chi connectivity index (χ4v) is 3.00. The molecule has 0 radical (unpaired) electrons. The van der Waals surface area contributed by atoms with E-state index in [-0.39, 0.29) is 11.9 Å². The van der Waals surface area contributed by atoms with E-state index in [2.05, 4.69) is 5.32 Å². The van der Waals surface area contributed by atoms with Crippen LogP contribution in [0.4, 0.5) is 5.69 Å². The van der Waals surface area contributed by atoms with E-state index in [0.717, 1.165) is 17.1 Å². The van der Waals surface area contributed by atoms with Gasteiger partial charge in [-0.05, 0) is 49.9 Å². The normalized spacial score (nSPS) is 14.0. The monoisotopic (exact) mass is 390 g/mol. The van der Waals surface area contributed by atoms with Gasteiger partial charge in [0, 0.05) is 11.6 Å². The standard InChI is InChI=1S/C20H23ClN2O4/c1-13(20(24)22-16-11-15(21)5-7-17(16)25-3)23(2)12-14-4-6-18-19(10-14)27-9-8-26-18/h4-7,10-11,13H,8-9,12H2,1-3H3,(H,22,24)/t13-/m0/s1. The number of hydrogen-bond acceptors (Lipinski definition) is 5. The predicted octanol–water partition coefficient (Wildman–Crippen LogP) is 3.58. The second-order valence-electron chi connectivity index (χ2n) is 6.40. The molecule has 27 heavy (non-hydrogen) atoms. The summed E-state index contributed by atoms with van der Waals surface area (Å²) in [5.41, 5.74) is 1.59.